The highest BCUT2D eigenvalue weighted by molar-refractivity contribution is 5.81. The Bertz CT molecular complexity index is 512. The SMILES string of the molecule is CN1CCC(CCNC(=O)[C@@H]2COc3ccccc3O2)CC1. The third kappa shape index (κ3) is 3.71. The van der Waals surface area contributed by atoms with E-state index < -0.39 is 6.10 Å². The lowest BCUT2D eigenvalue weighted by Gasteiger charge is -2.29. The molecule has 1 atom stereocenters. The smallest absolute Gasteiger partial charge is 0.264 e. The fourth-order valence-corrected chi connectivity index (χ4v) is 3.01. The number of rotatable bonds is 4. The Balaban J connectivity index is 1.41. The monoisotopic (exact) mass is 304 g/mol. The predicted molar refractivity (Wildman–Crippen MR) is 84.2 cm³/mol. The Morgan fingerprint density at radius 1 is 1.27 bits per heavy atom. The molecule has 0 aliphatic carbocycles. The van der Waals surface area contributed by atoms with E-state index in [0.29, 0.717) is 18.0 Å². The van der Waals surface area contributed by atoms with E-state index in [1.54, 1.807) is 0 Å². The molecule has 1 aromatic carbocycles. The van der Waals surface area contributed by atoms with Crippen LogP contribution in [0.4, 0.5) is 0 Å². The molecule has 1 N–H and O–H groups in total. The van der Waals surface area contributed by atoms with E-state index >= 15 is 0 Å². The second kappa shape index (κ2) is 7.01. The van der Waals surface area contributed by atoms with Crippen molar-refractivity contribution in [3.05, 3.63) is 24.3 Å². The standard InChI is InChI=1S/C17H24N2O3/c1-19-10-7-13(8-11-19)6-9-18-17(20)16-12-21-14-4-2-3-5-15(14)22-16/h2-5,13,16H,6-12H2,1H3,(H,18,20)/t16-/m0/s1. The van der Waals surface area contributed by atoms with Gasteiger partial charge in [0.2, 0.25) is 6.10 Å². The summed E-state index contributed by atoms with van der Waals surface area (Å²) in [5.74, 6) is 1.99. The lowest BCUT2D eigenvalue weighted by atomic mass is 9.94. The van der Waals surface area contributed by atoms with Crippen molar-refractivity contribution in [3.8, 4) is 11.5 Å². The number of para-hydroxylation sites is 2. The number of nitrogens with one attached hydrogen (secondary N) is 1. The van der Waals surface area contributed by atoms with Crippen molar-refractivity contribution in [1.82, 2.24) is 10.2 Å². The van der Waals surface area contributed by atoms with Gasteiger partial charge < -0.3 is 19.7 Å². The van der Waals surface area contributed by atoms with Crippen LogP contribution in [-0.4, -0.2) is 50.2 Å². The van der Waals surface area contributed by atoms with Gasteiger partial charge in [-0.25, -0.2) is 0 Å². The van der Waals surface area contributed by atoms with Crippen LogP contribution in [-0.2, 0) is 4.79 Å². The van der Waals surface area contributed by atoms with Crippen molar-refractivity contribution in [2.45, 2.75) is 25.4 Å². The summed E-state index contributed by atoms with van der Waals surface area (Å²) in [5, 5.41) is 2.98. The van der Waals surface area contributed by atoms with Crippen molar-refractivity contribution in [2.75, 3.05) is 33.3 Å². The topological polar surface area (TPSA) is 50.8 Å². The molecule has 1 fully saturated rings. The van der Waals surface area contributed by atoms with Gasteiger partial charge in [-0.2, -0.15) is 0 Å². The highest BCUT2D eigenvalue weighted by Crippen LogP contribution is 2.30. The fourth-order valence-electron chi connectivity index (χ4n) is 3.01. The quantitative estimate of drug-likeness (QED) is 0.919. The first-order valence-corrected chi connectivity index (χ1v) is 8.07. The van der Waals surface area contributed by atoms with Gasteiger partial charge >= 0.3 is 0 Å². The normalized spacial score (nSPS) is 22.3. The predicted octanol–water partition coefficient (Wildman–Crippen LogP) is 1.67. The number of nitrogens with zero attached hydrogens (tertiary/aromatic N) is 1. The Labute approximate surface area is 131 Å². The summed E-state index contributed by atoms with van der Waals surface area (Å²) in [5.41, 5.74) is 0. The zero-order valence-electron chi connectivity index (χ0n) is 13.1. The summed E-state index contributed by atoms with van der Waals surface area (Å²) in [6, 6.07) is 7.45. The second-order valence-electron chi connectivity index (χ2n) is 6.19. The Morgan fingerprint density at radius 2 is 2.00 bits per heavy atom. The maximum Gasteiger partial charge on any atom is 0.264 e. The minimum atomic E-state index is -0.549. The molecule has 0 unspecified atom stereocenters. The Hall–Kier alpha value is -1.75. The van der Waals surface area contributed by atoms with Crippen LogP contribution in [0.15, 0.2) is 24.3 Å². The molecule has 2 heterocycles. The molecule has 2 aliphatic rings. The molecule has 5 nitrogen and oxygen atoms in total. The van der Waals surface area contributed by atoms with E-state index in [1.807, 2.05) is 24.3 Å². The molecule has 0 aromatic heterocycles. The minimum absolute atomic E-state index is 0.0811. The third-order valence-corrected chi connectivity index (χ3v) is 4.49. The largest absolute Gasteiger partial charge is 0.485 e. The van der Waals surface area contributed by atoms with Crippen LogP contribution in [0.2, 0.25) is 0 Å². The van der Waals surface area contributed by atoms with Gasteiger partial charge in [0.1, 0.15) is 6.61 Å². The molecule has 1 amide bonds. The van der Waals surface area contributed by atoms with Crippen molar-refractivity contribution in [2.24, 2.45) is 5.92 Å². The number of carbonyl (C=O) groups excluding carboxylic acids is 1. The summed E-state index contributed by atoms with van der Waals surface area (Å²) >= 11 is 0. The minimum Gasteiger partial charge on any atom is -0.485 e. The van der Waals surface area contributed by atoms with Crippen LogP contribution in [0, 0.1) is 5.92 Å². The van der Waals surface area contributed by atoms with E-state index in [2.05, 4.69) is 17.3 Å². The number of benzene rings is 1. The molecule has 0 saturated carbocycles. The van der Waals surface area contributed by atoms with E-state index in [1.165, 1.54) is 12.8 Å². The van der Waals surface area contributed by atoms with Crippen LogP contribution in [0.3, 0.4) is 0 Å². The fraction of sp³-hybridized carbons (Fsp3) is 0.588. The molecule has 0 radical (unpaired) electrons. The Morgan fingerprint density at radius 3 is 2.77 bits per heavy atom. The first kappa shape index (κ1) is 15.2. The van der Waals surface area contributed by atoms with Gasteiger partial charge in [0.25, 0.3) is 5.91 Å². The summed E-state index contributed by atoms with van der Waals surface area (Å²) in [6.07, 6.45) is 2.95. The number of fused-ring (bicyclic) bond motifs is 1. The van der Waals surface area contributed by atoms with E-state index in [4.69, 9.17) is 9.47 Å². The van der Waals surface area contributed by atoms with Gasteiger partial charge in [0, 0.05) is 6.54 Å². The van der Waals surface area contributed by atoms with Gasteiger partial charge in [-0.3, -0.25) is 4.79 Å². The van der Waals surface area contributed by atoms with E-state index in [-0.39, 0.29) is 12.5 Å². The van der Waals surface area contributed by atoms with Crippen molar-refractivity contribution in [3.63, 3.8) is 0 Å². The van der Waals surface area contributed by atoms with Gasteiger partial charge in [0.15, 0.2) is 11.5 Å². The van der Waals surface area contributed by atoms with Gasteiger partial charge in [-0.1, -0.05) is 12.1 Å². The summed E-state index contributed by atoms with van der Waals surface area (Å²) in [4.78, 5) is 14.5. The first-order chi connectivity index (χ1) is 10.7. The second-order valence-corrected chi connectivity index (χ2v) is 6.19. The van der Waals surface area contributed by atoms with E-state index in [9.17, 15) is 4.79 Å². The molecule has 2 aliphatic heterocycles. The average Bonchev–Trinajstić information content (AvgIpc) is 2.56. The number of ether oxygens (including phenoxy) is 2. The first-order valence-electron chi connectivity index (χ1n) is 8.07. The van der Waals surface area contributed by atoms with Gasteiger partial charge in [0.05, 0.1) is 0 Å². The molecule has 1 saturated heterocycles. The molecular formula is C17H24N2O3. The maximum absolute atomic E-state index is 12.2. The lowest BCUT2D eigenvalue weighted by Crippen LogP contribution is -2.44. The van der Waals surface area contributed by atoms with Crippen LogP contribution in [0.25, 0.3) is 0 Å². The van der Waals surface area contributed by atoms with Crippen LogP contribution in [0.1, 0.15) is 19.3 Å². The maximum atomic E-state index is 12.2. The molecule has 1 aromatic rings. The molecule has 3 rings (SSSR count). The molecule has 5 heteroatoms. The van der Waals surface area contributed by atoms with Gasteiger partial charge in [-0.05, 0) is 57.5 Å². The average molecular weight is 304 g/mol. The number of carbonyl (C=O) groups is 1. The lowest BCUT2D eigenvalue weighted by molar-refractivity contribution is -0.130. The number of piperidine rings is 1. The zero-order valence-corrected chi connectivity index (χ0v) is 13.1. The molecule has 0 spiro atoms. The zero-order chi connectivity index (χ0) is 15.4. The number of amides is 1. The van der Waals surface area contributed by atoms with Crippen LogP contribution < -0.4 is 14.8 Å². The summed E-state index contributed by atoms with van der Waals surface area (Å²) < 4.78 is 11.3. The number of hydrogen-bond donors (Lipinski definition) is 1. The van der Waals surface area contributed by atoms with Gasteiger partial charge in [-0.15, -0.1) is 0 Å². The van der Waals surface area contributed by atoms with Crippen LogP contribution >= 0.6 is 0 Å². The van der Waals surface area contributed by atoms with Crippen molar-refractivity contribution >= 4 is 5.91 Å². The third-order valence-electron chi connectivity index (χ3n) is 4.49. The summed E-state index contributed by atoms with van der Waals surface area (Å²) in [6.45, 7) is 3.32. The number of hydrogen-bond acceptors (Lipinski definition) is 4. The Kier molecular flexibility index (Phi) is 4.83. The van der Waals surface area contributed by atoms with Crippen molar-refractivity contribution in [1.29, 1.82) is 0 Å². The van der Waals surface area contributed by atoms with Crippen molar-refractivity contribution < 1.29 is 14.3 Å². The molecular weight excluding hydrogens is 280 g/mol. The highest BCUT2D eigenvalue weighted by Gasteiger charge is 2.27. The summed E-state index contributed by atoms with van der Waals surface area (Å²) in [7, 11) is 2.16. The molecule has 22 heavy (non-hydrogen) atoms. The van der Waals surface area contributed by atoms with Crippen LogP contribution in [0.5, 0.6) is 11.5 Å². The highest BCUT2D eigenvalue weighted by atomic mass is 16.6. The molecule has 0 bridgehead atoms. The molecule has 120 valence electrons. The number of likely N-dealkylation sites (tertiary alicyclic amines) is 1. The van der Waals surface area contributed by atoms with E-state index in [0.717, 1.165) is 25.4 Å².